The van der Waals surface area contributed by atoms with Gasteiger partial charge in [-0.1, -0.05) is 33.1 Å². The molecule has 0 aromatic rings. The Morgan fingerprint density at radius 2 is 1.78 bits per heavy atom. The summed E-state index contributed by atoms with van der Waals surface area (Å²) in [6.45, 7) is 14.2. The zero-order chi connectivity index (χ0) is 7.70. The Morgan fingerprint density at radius 1 is 1.44 bits per heavy atom. The molecule has 0 rings (SSSR count). The lowest BCUT2D eigenvalue weighted by Crippen LogP contribution is -1.78. The Kier molecular flexibility index (Phi) is 12.7. The summed E-state index contributed by atoms with van der Waals surface area (Å²) in [5, 5.41) is 0. The second-order valence-corrected chi connectivity index (χ2v) is 2.17. The van der Waals surface area contributed by atoms with Crippen LogP contribution in [0.4, 0.5) is 0 Å². The molecule has 0 spiro atoms. The van der Waals surface area contributed by atoms with E-state index in [0.29, 0.717) is 0 Å². The van der Waals surface area contributed by atoms with E-state index >= 15 is 0 Å². The van der Waals surface area contributed by atoms with E-state index in [-0.39, 0.29) is 0 Å². The summed E-state index contributed by atoms with van der Waals surface area (Å²) >= 11 is 0. The van der Waals surface area contributed by atoms with E-state index in [2.05, 4.69) is 39.3 Å². The molecule has 0 fully saturated rings. The SMILES string of the molecule is C=C=C.C=CCC(C)C. The van der Waals surface area contributed by atoms with Gasteiger partial charge in [0.2, 0.25) is 0 Å². The average Bonchev–Trinajstić information content (AvgIpc) is 1.67. The van der Waals surface area contributed by atoms with Crippen LogP contribution in [0, 0.1) is 5.92 Å². The summed E-state index contributed by atoms with van der Waals surface area (Å²) in [6, 6.07) is 0. The summed E-state index contributed by atoms with van der Waals surface area (Å²) in [5.74, 6) is 0.780. The lowest BCUT2D eigenvalue weighted by molar-refractivity contribution is 0.664. The maximum absolute atomic E-state index is 3.60. The number of allylic oxidation sites excluding steroid dienone is 1. The summed E-state index contributed by atoms with van der Waals surface area (Å²) in [6.07, 6.45) is 3.09. The molecule has 0 aliphatic heterocycles. The summed E-state index contributed by atoms with van der Waals surface area (Å²) in [5.41, 5.74) is 2.25. The van der Waals surface area contributed by atoms with Crippen LogP contribution in [-0.4, -0.2) is 0 Å². The van der Waals surface area contributed by atoms with Crippen molar-refractivity contribution in [3.63, 3.8) is 0 Å². The maximum Gasteiger partial charge on any atom is -0.0330 e. The monoisotopic (exact) mass is 124 g/mol. The highest BCUT2D eigenvalue weighted by Gasteiger charge is 1.82. The maximum atomic E-state index is 3.60. The molecule has 0 aliphatic carbocycles. The first-order valence-electron chi connectivity index (χ1n) is 3.09. The molecule has 0 amide bonds. The van der Waals surface area contributed by atoms with E-state index in [1.807, 2.05) is 6.08 Å². The Bertz CT molecular complexity index is 82.2. The topological polar surface area (TPSA) is 0 Å². The van der Waals surface area contributed by atoms with E-state index in [4.69, 9.17) is 0 Å². The second kappa shape index (κ2) is 10.3. The molecule has 0 aromatic carbocycles. The van der Waals surface area contributed by atoms with Crippen LogP contribution in [0.15, 0.2) is 31.5 Å². The standard InChI is InChI=1S/C6H12.C3H4/c1-4-5-6(2)3;1-3-2/h4,6H,1,5H2,2-3H3;1-2H2. The number of rotatable bonds is 2. The van der Waals surface area contributed by atoms with Gasteiger partial charge in [-0.05, 0) is 12.3 Å². The van der Waals surface area contributed by atoms with Crippen molar-refractivity contribution < 1.29 is 0 Å². The lowest BCUT2D eigenvalue weighted by Gasteiger charge is -1.92. The van der Waals surface area contributed by atoms with Gasteiger partial charge in [-0.2, -0.15) is 0 Å². The smallest absolute Gasteiger partial charge is 0.0330 e. The van der Waals surface area contributed by atoms with Crippen molar-refractivity contribution in [3.8, 4) is 0 Å². The molecule has 0 aromatic heterocycles. The summed E-state index contributed by atoms with van der Waals surface area (Å²) in [7, 11) is 0. The van der Waals surface area contributed by atoms with Gasteiger partial charge in [-0.15, -0.1) is 12.3 Å². The Balaban J connectivity index is 0. The highest BCUT2D eigenvalue weighted by Crippen LogP contribution is 1.96. The molecule has 0 N–H and O–H groups in total. The Hall–Kier alpha value is -0.740. The molecule has 52 valence electrons. The largest absolute Gasteiger partial charge is 0.137 e. The van der Waals surface area contributed by atoms with Gasteiger partial charge in [0.25, 0.3) is 0 Å². The number of hydrogen-bond acceptors (Lipinski definition) is 0. The van der Waals surface area contributed by atoms with Crippen LogP contribution in [0.2, 0.25) is 0 Å². The molecule has 9 heavy (non-hydrogen) atoms. The molecule has 0 radical (unpaired) electrons. The predicted octanol–water partition coefficient (Wildman–Crippen LogP) is 3.18. The van der Waals surface area contributed by atoms with Crippen LogP contribution in [0.3, 0.4) is 0 Å². The fourth-order valence-corrected chi connectivity index (χ4v) is 0.333. The second-order valence-electron chi connectivity index (χ2n) is 2.17. The first-order chi connectivity index (χ1) is 4.18. The zero-order valence-electron chi connectivity index (χ0n) is 6.48. The van der Waals surface area contributed by atoms with Crippen molar-refractivity contribution in [2.24, 2.45) is 5.92 Å². The minimum absolute atomic E-state index is 0.780. The van der Waals surface area contributed by atoms with Gasteiger partial charge in [0.15, 0.2) is 0 Å². The van der Waals surface area contributed by atoms with Crippen LogP contribution in [0.1, 0.15) is 20.3 Å². The molecule has 0 nitrogen and oxygen atoms in total. The van der Waals surface area contributed by atoms with Gasteiger partial charge in [-0.25, -0.2) is 0 Å². The van der Waals surface area contributed by atoms with E-state index in [9.17, 15) is 0 Å². The van der Waals surface area contributed by atoms with E-state index in [1.54, 1.807) is 0 Å². The van der Waals surface area contributed by atoms with Crippen molar-refractivity contribution in [1.29, 1.82) is 0 Å². The van der Waals surface area contributed by atoms with Crippen LogP contribution >= 0.6 is 0 Å². The van der Waals surface area contributed by atoms with Crippen LogP contribution in [0.25, 0.3) is 0 Å². The minimum Gasteiger partial charge on any atom is -0.137 e. The van der Waals surface area contributed by atoms with Gasteiger partial charge in [0.1, 0.15) is 0 Å². The molecule has 0 saturated heterocycles. The molecular formula is C9H16. The normalized spacial score (nSPS) is 7.00. The van der Waals surface area contributed by atoms with Gasteiger partial charge < -0.3 is 0 Å². The molecule has 0 unspecified atom stereocenters. The van der Waals surface area contributed by atoms with Crippen molar-refractivity contribution in [2.45, 2.75) is 20.3 Å². The molecule has 0 heteroatoms. The third-order valence-electron chi connectivity index (χ3n) is 0.638. The van der Waals surface area contributed by atoms with Crippen molar-refractivity contribution in [1.82, 2.24) is 0 Å². The molecule has 0 bridgehead atoms. The highest BCUT2D eigenvalue weighted by atomic mass is 13.9. The molecular weight excluding hydrogens is 108 g/mol. The molecule has 0 heterocycles. The van der Waals surface area contributed by atoms with Crippen LogP contribution in [-0.2, 0) is 0 Å². The Morgan fingerprint density at radius 3 is 1.78 bits per heavy atom. The van der Waals surface area contributed by atoms with Crippen molar-refractivity contribution in [2.75, 3.05) is 0 Å². The van der Waals surface area contributed by atoms with Crippen molar-refractivity contribution in [3.05, 3.63) is 31.5 Å². The van der Waals surface area contributed by atoms with Gasteiger partial charge >= 0.3 is 0 Å². The average molecular weight is 124 g/mol. The van der Waals surface area contributed by atoms with Gasteiger partial charge in [0, 0.05) is 0 Å². The minimum atomic E-state index is 0.780. The molecule has 0 atom stereocenters. The first kappa shape index (κ1) is 11.1. The van der Waals surface area contributed by atoms with Crippen molar-refractivity contribution >= 4 is 0 Å². The van der Waals surface area contributed by atoms with Crippen LogP contribution in [0.5, 0.6) is 0 Å². The fourth-order valence-electron chi connectivity index (χ4n) is 0.333. The third kappa shape index (κ3) is 39.3. The summed E-state index contributed by atoms with van der Waals surface area (Å²) < 4.78 is 0. The highest BCUT2D eigenvalue weighted by molar-refractivity contribution is 4.67. The predicted molar refractivity (Wildman–Crippen MR) is 44.4 cm³/mol. The fraction of sp³-hybridized carbons (Fsp3) is 0.444. The molecule has 0 aliphatic rings. The lowest BCUT2D eigenvalue weighted by atomic mass is 10.1. The van der Waals surface area contributed by atoms with Crippen LogP contribution < -0.4 is 0 Å². The van der Waals surface area contributed by atoms with E-state index in [1.165, 1.54) is 0 Å². The van der Waals surface area contributed by atoms with E-state index in [0.717, 1.165) is 12.3 Å². The van der Waals surface area contributed by atoms with Gasteiger partial charge in [-0.3, -0.25) is 0 Å². The number of hydrogen-bond donors (Lipinski definition) is 0. The molecule has 0 saturated carbocycles. The Labute approximate surface area is 58.6 Å². The van der Waals surface area contributed by atoms with E-state index < -0.39 is 0 Å². The first-order valence-corrected chi connectivity index (χ1v) is 3.09. The van der Waals surface area contributed by atoms with Gasteiger partial charge in [0.05, 0.1) is 0 Å². The summed E-state index contributed by atoms with van der Waals surface area (Å²) in [4.78, 5) is 0. The third-order valence-corrected chi connectivity index (χ3v) is 0.638. The zero-order valence-corrected chi connectivity index (χ0v) is 6.48. The quantitative estimate of drug-likeness (QED) is 0.392.